The van der Waals surface area contributed by atoms with Crippen LogP contribution >= 0.6 is 0 Å². The Kier molecular flexibility index (Phi) is 1.90. The first-order valence-electron chi connectivity index (χ1n) is 3.21. The van der Waals surface area contributed by atoms with E-state index >= 15 is 0 Å². The van der Waals surface area contributed by atoms with E-state index in [0.29, 0.717) is 0 Å². The fourth-order valence-electron chi connectivity index (χ4n) is 0.926. The Balaban J connectivity index is 2.73. The molecular formula is C8H10O2. The van der Waals surface area contributed by atoms with Crippen LogP contribution in [-0.4, -0.2) is 11.9 Å². The highest BCUT2D eigenvalue weighted by molar-refractivity contribution is 5.83. The zero-order chi connectivity index (χ0) is 7.56. The van der Waals surface area contributed by atoms with Gasteiger partial charge >= 0.3 is 0 Å². The van der Waals surface area contributed by atoms with Gasteiger partial charge in [0.05, 0.1) is 6.26 Å². The number of ether oxygens (including phenoxy) is 1. The van der Waals surface area contributed by atoms with Gasteiger partial charge in [-0.05, 0) is 25.5 Å². The summed E-state index contributed by atoms with van der Waals surface area (Å²) < 4.78 is 5.05. The van der Waals surface area contributed by atoms with Crippen LogP contribution in [0.5, 0.6) is 0 Å². The largest absolute Gasteiger partial charge is 0.486 e. The normalized spacial score (nSPS) is 23.4. The van der Waals surface area contributed by atoms with Gasteiger partial charge in [-0.25, -0.2) is 0 Å². The minimum Gasteiger partial charge on any atom is -0.486 e. The number of rotatable bonds is 1. The van der Waals surface area contributed by atoms with Crippen molar-refractivity contribution in [2.75, 3.05) is 0 Å². The molecule has 1 rings (SSSR count). The van der Waals surface area contributed by atoms with Crippen molar-refractivity contribution in [1.29, 1.82) is 0 Å². The third-order valence-corrected chi connectivity index (χ3v) is 1.44. The second-order valence-electron chi connectivity index (χ2n) is 2.37. The SMILES string of the molecule is CC(=O)C1OC=CC=C1C. The fourth-order valence-corrected chi connectivity index (χ4v) is 0.926. The summed E-state index contributed by atoms with van der Waals surface area (Å²) in [6.45, 7) is 3.41. The second-order valence-corrected chi connectivity index (χ2v) is 2.37. The number of carbonyl (C=O) groups excluding carboxylic acids is 1. The van der Waals surface area contributed by atoms with Crippen molar-refractivity contribution < 1.29 is 9.53 Å². The number of hydrogen-bond acceptors (Lipinski definition) is 2. The molecule has 2 heteroatoms. The minimum atomic E-state index is -0.343. The van der Waals surface area contributed by atoms with E-state index in [2.05, 4.69) is 0 Å². The zero-order valence-corrected chi connectivity index (χ0v) is 6.13. The first kappa shape index (κ1) is 7.06. The fraction of sp³-hybridized carbons (Fsp3) is 0.375. The van der Waals surface area contributed by atoms with Crippen LogP contribution in [-0.2, 0) is 9.53 Å². The molecule has 0 aromatic carbocycles. The maximum absolute atomic E-state index is 10.8. The van der Waals surface area contributed by atoms with Gasteiger partial charge in [0.25, 0.3) is 0 Å². The van der Waals surface area contributed by atoms with Crippen molar-refractivity contribution in [3.63, 3.8) is 0 Å². The predicted molar refractivity (Wildman–Crippen MR) is 38.5 cm³/mol. The monoisotopic (exact) mass is 138 g/mol. The highest BCUT2D eigenvalue weighted by Gasteiger charge is 2.16. The van der Waals surface area contributed by atoms with Crippen molar-refractivity contribution in [1.82, 2.24) is 0 Å². The summed E-state index contributed by atoms with van der Waals surface area (Å²) in [5.74, 6) is 0.0538. The first-order valence-corrected chi connectivity index (χ1v) is 3.21. The molecule has 0 N–H and O–H groups in total. The molecule has 0 radical (unpaired) electrons. The smallest absolute Gasteiger partial charge is 0.176 e. The third-order valence-electron chi connectivity index (χ3n) is 1.44. The van der Waals surface area contributed by atoms with E-state index in [4.69, 9.17) is 4.74 Å². The molecule has 2 nitrogen and oxygen atoms in total. The lowest BCUT2D eigenvalue weighted by Crippen LogP contribution is -2.22. The van der Waals surface area contributed by atoms with E-state index in [9.17, 15) is 4.79 Å². The van der Waals surface area contributed by atoms with Gasteiger partial charge in [0, 0.05) is 0 Å². The molecule has 0 amide bonds. The van der Waals surface area contributed by atoms with Crippen molar-refractivity contribution >= 4 is 5.78 Å². The summed E-state index contributed by atoms with van der Waals surface area (Å²) in [6, 6.07) is 0. The van der Waals surface area contributed by atoms with Gasteiger partial charge in [-0.1, -0.05) is 6.08 Å². The molecule has 1 heterocycles. The van der Waals surface area contributed by atoms with Crippen LogP contribution in [0.1, 0.15) is 13.8 Å². The Morgan fingerprint density at radius 2 is 2.40 bits per heavy atom. The molecule has 0 aromatic rings. The molecule has 0 saturated heterocycles. The summed E-state index contributed by atoms with van der Waals surface area (Å²) >= 11 is 0. The first-order chi connectivity index (χ1) is 4.72. The van der Waals surface area contributed by atoms with Crippen LogP contribution in [0.25, 0.3) is 0 Å². The van der Waals surface area contributed by atoms with Gasteiger partial charge in [-0.2, -0.15) is 0 Å². The van der Waals surface area contributed by atoms with E-state index in [-0.39, 0.29) is 11.9 Å². The molecular weight excluding hydrogens is 128 g/mol. The average molecular weight is 138 g/mol. The number of Topliss-reactive ketones (excluding diaryl/α,β-unsaturated/α-hetero) is 1. The van der Waals surface area contributed by atoms with E-state index in [1.807, 2.05) is 13.0 Å². The molecule has 0 bridgehead atoms. The third kappa shape index (κ3) is 1.26. The van der Waals surface area contributed by atoms with Gasteiger partial charge in [0.2, 0.25) is 0 Å². The summed E-state index contributed by atoms with van der Waals surface area (Å²) in [4.78, 5) is 10.8. The highest BCUT2D eigenvalue weighted by atomic mass is 16.5. The zero-order valence-electron chi connectivity index (χ0n) is 6.13. The van der Waals surface area contributed by atoms with E-state index < -0.39 is 0 Å². The Morgan fingerprint density at radius 3 is 2.80 bits per heavy atom. The highest BCUT2D eigenvalue weighted by Crippen LogP contribution is 2.12. The molecule has 0 spiro atoms. The van der Waals surface area contributed by atoms with Crippen LogP contribution in [0.15, 0.2) is 24.0 Å². The van der Waals surface area contributed by atoms with Gasteiger partial charge in [-0.15, -0.1) is 0 Å². The van der Waals surface area contributed by atoms with Gasteiger partial charge in [0.15, 0.2) is 11.9 Å². The maximum Gasteiger partial charge on any atom is 0.176 e. The standard InChI is InChI=1S/C8H10O2/c1-6-4-3-5-10-8(6)7(2)9/h3-5,8H,1-2H3. The molecule has 0 fully saturated rings. The quantitative estimate of drug-likeness (QED) is 0.548. The lowest BCUT2D eigenvalue weighted by Gasteiger charge is -2.16. The molecule has 0 saturated carbocycles. The van der Waals surface area contributed by atoms with Crippen molar-refractivity contribution in [2.45, 2.75) is 20.0 Å². The van der Waals surface area contributed by atoms with E-state index in [0.717, 1.165) is 5.57 Å². The summed E-state index contributed by atoms with van der Waals surface area (Å²) in [5, 5.41) is 0. The average Bonchev–Trinajstić information content (AvgIpc) is 1.88. The maximum atomic E-state index is 10.8. The summed E-state index contributed by atoms with van der Waals surface area (Å²) in [7, 11) is 0. The van der Waals surface area contributed by atoms with Crippen molar-refractivity contribution in [3.8, 4) is 0 Å². The molecule has 10 heavy (non-hydrogen) atoms. The van der Waals surface area contributed by atoms with Crippen LogP contribution < -0.4 is 0 Å². The number of hydrogen-bond donors (Lipinski definition) is 0. The Labute approximate surface area is 60.2 Å². The molecule has 1 atom stereocenters. The molecule has 1 aliphatic heterocycles. The van der Waals surface area contributed by atoms with E-state index in [1.165, 1.54) is 6.92 Å². The summed E-state index contributed by atoms with van der Waals surface area (Å²) in [5.41, 5.74) is 0.968. The lowest BCUT2D eigenvalue weighted by atomic mass is 10.1. The molecule has 0 aliphatic carbocycles. The van der Waals surface area contributed by atoms with Crippen LogP contribution in [0, 0.1) is 0 Å². The van der Waals surface area contributed by atoms with Gasteiger partial charge in [0.1, 0.15) is 0 Å². The number of allylic oxidation sites excluding steroid dienone is 2. The van der Waals surface area contributed by atoms with Crippen molar-refractivity contribution in [3.05, 3.63) is 24.0 Å². The van der Waals surface area contributed by atoms with Crippen LogP contribution in [0.2, 0.25) is 0 Å². The van der Waals surface area contributed by atoms with Crippen LogP contribution in [0.4, 0.5) is 0 Å². The topological polar surface area (TPSA) is 26.3 Å². The van der Waals surface area contributed by atoms with Crippen LogP contribution in [0.3, 0.4) is 0 Å². The molecule has 1 unspecified atom stereocenters. The van der Waals surface area contributed by atoms with Gasteiger partial charge in [-0.3, -0.25) is 4.79 Å². The Bertz CT molecular complexity index is 201. The lowest BCUT2D eigenvalue weighted by molar-refractivity contribution is -0.123. The number of carbonyl (C=O) groups is 1. The molecule has 1 aliphatic rings. The van der Waals surface area contributed by atoms with Gasteiger partial charge < -0.3 is 4.74 Å². The van der Waals surface area contributed by atoms with Crippen molar-refractivity contribution in [2.24, 2.45) is 0 Å². The molecule has 0 aromatic heterocycles. The predicted octanol–water partition coefficient (Wildman–Crippen LogP) is 1.43. The number of ketones is 1. The Hall–Kier alpha value is -1.05. The summed E-state index contributed by atoms with van der Waals surface area (Å²) in [6.07, 6.45) is 4.87. The second kappa shape index (κ2) is 2.69. The van der Waals surface area contributed by atoms with E-state index in [1.54, 1.807) is 12.3 Å². The Morgan fingerprint density at radius 1 is 1.70 bits per heavy atom. The minimum absolute atomic E-state index is 0.0538. The molecule has 54 valence electrons.